The summed E-state index contributed by atoms with van der Waals surface area (Å²) in [6, 6.07) is 3.71. The summed E-state index contributed by atoms with van der Waals surface area (Å²) in [6.07, 6.45) is 1.55. The molecule has 1 N–H and O–H groups in total. The van der Waals surface area contributed by atoms with Gasteiger partial charge in [-0.3, -0.25) is 0 Å². The summed E-state index contributed by atoms with van der Waals surface area (Å²) in [4.78, 5) is -0.0305. The molecule has 4 nitrogen and oxygen atoms in total. The summed E-state index contributed by atoms with van der Waals surface area (Å²) in [5, 5.41) is 8.99. The number of rotatable bonds is 7. The molecule has 0 aromatic heterocycles. The zero-order chi connectivity index (χ0) is 14.5. The van der Waals surface area contributed by atoms with Crippen LogP contribution in [-0.2, 0) is 10.0 Å². The van der Waals surface area contributed by atoms with Crippen LogP contribution in [0.25, 0.3) is 0 Å². The first kappa shape index (κ1) is 16.1. The van der Waals surface area contributed by atoms with Crippen molar-refractivity contribution in [3.63, 3.8) is 0 Å². The van der Waals surface area contributed by atoms with Crippen molar-refractivity contribution in [2.45, 2.75) is 31.6 Å². The lowest BCUT2D eigenvalue weighted by Gasteiger charge is -2.22. The van der Waals surface area contributed by atoms with E-state index in [1.165, 1.54) is 16.4 Å². The number of halogens is 1. The van der Waals surface area contributed by atoms with Crippen molar-refractivity contribution in [1.82, 2.24) is 4.31 Å². The molecule has 0 saturated carbocycles. The number of hydrogen-bond acceptors (Lipinski definition) is 3. The number of benzene rings is 1. The molecule has 108 valence electrons. The van der Waals surface area contributed by atoms with Crippen LogP contribution in [-0.4, -0.2) is 37.5 Å². The molecule has 1 aromatic rings. The Morgan fingerprint density at radius 3 is 2.58 bits per heavy atom. The zero-order valence-electron chi connectivity index (χ0n) is 11.3. The second-order valence-corrected chi connectivity index (χ2v) is 6.30. The van der Waals surface area contributed by atoms with Crippen LogP contribution in [0.1, 0.15) is 25.3 Å². The van der Waals surface area contributed by atoms with Gasteiger partial charge in [-0.25, -0.2) is 12.8 Å². The summed E-state index contributed by atoms with van der Waals surface area (Å²) in [6.45, 7) is 3.69. The van der Waals surface area contributed by atoms with Gasteiger partial charge in [0, 0.05) is 13.1 Å². The van der Waals surface area contributed by atoms with Crippen molar-refractivity contribution in [3.05, 3.63) is 29.6 Å². The van der Waals surface area contributed by atoms with Crippen molar-refractivity contribution < 1.29 is 17.9 Å². The molecule has 0 saturated heterocycles. The monoisotopic (exact) mass is 289 g/mol. The topological polar surface area (TPSA) is 57.6 Å². The fraction of sp³-hybridized carbons (Fsp3) is 0.538. The summed E-state index contributed by atoms with van der Waals surface area (Å²) in [5.74, 6) is -0.580. The maximum atomic E-state index is 13.2. The van der Waals surface area contributed by atoms with Crippen LogP contribution in [0.5, 0.6) is 0 Å². The van der Waals surface area contributed by atoms with E-state index in [2.05, 4.69) is 0 Å². The molecule has 6 heteroatoms. The summed E-state index contributed by atoms with van der Waals surface area (Å²) < 4.78 is 39.4. The van der Waals surface area contributed by atoms with Crippen LogP contribution in [0.15, 0.2) is 23.1 Å². The molecule has 0 spiro atoms. The van der Waals surface area contributed by atoms with Gasteiger partial charge in [0.05, 0.1) is 11.5 Å². The quantitative estimate of drug-likeness (QED) is 0.834. The van der Waals surface area contributed by atoms with E-state index in [0.29, 0.717) is 18.5 Å². The molecule has 0 fully saturated rings. The minimum Gasteiger partial charge on any atom is -0.395 e. The maximum absolute atomic E-state index is 13.2. The van der Waals surface area contributed by atoms with E-state index in [9.17, 15) is 12.8 Å². The first-order chi connectivity index (χ1) is 8.93. The Balaban J connectivity index is 3.14. The molecule has 0 aliphatic carbocycles. The van der Waals surface area contributed by atoms with Crippen LogP contribution < -0.4 is 0 Å². The van der Waals surface area contributed by atoms with Gasteiger partial charge in [-0.1, -0.05) is 19.4 Å². The van der Waals surface area contributed by atoms with E-state index in [1.807, 2.05) is 6.92 Å². The number of aliphatic hydroxyl groups is 1. The third-order valence-corrected chi connectivity index (χ3v) is 4.92. The molecule has 0 aliphatic rings. The molecule has 0 amide bonds. The van der Waals surface area contributed by atoms with Crippen LogP contribution in [0.2, 0.25) is 0 Å². The Labute approximate surface area is 113 Å². The standard InChI is InChI=1S/C13H20FNO3S/c1-3-4-7-15(8-9-16)19(17,18)13-10-12(14)6-5-11(13)2/h5-6,10,16H,3-4,7-9H2,1-2H3. The maximum Gasteiger partial charge on any atom is 0.243 e. The summed E-state index contributed by atoms with van der Waals surface area (Å²) >= 11 is 0. The highest BCUT2D eigenvalue weighted by Crippen LogP contribution is 2.21. The molecule has 1 rings (SSSR count). The van der Waals surface area contributed by atoms with Crippen molar-refractivity contribution >= 4 is 10.0 Å². The molecule has 1 aromatic carbocycles. The van der Waals surface area contributed by atoms with Gasteiger partial charge in [-0.05, 0) is 31.0 Å². The van der Waals surface area contributed by atoms with Gasteiger partial charge in [0.1, 0.15) is 5.82 Å². The second-order valence-electron chi connectivity index (χ2n) is 4.39. The molecule has 0 radical (unpaired) electrons. The number of unbranched alkanes of at least 4 members (excludes halogenated alkanes) is 1. The molecule has 0 aliphatic heterocycles. The first-order valence-corrected chi connectivity index (χ1v) is 7.74. The summed E-state index contributed by atoms with van der Waals surface area (Å²) in [7, 11) is -3.76. The normalized spacial score (nSPS) is 12.1. The number of aliphatic hydroxyl groups excluding tert-OH is 1. The Hall–Kier alpha value is -0.980. The summed E-state index contributed by atoms with van der Waals surface area (Å²) in [5.41, 5.74) is 0.501. The van der Waals surface area contributed by atoms with Gasteiger partial charge in [0.25, 0.3) is 0 Å². The van der Waals surface area contributed by atoms with Gasteiger partial charge in [-0.2, -0.15) is 4.31 Å². The van der Waals surface area contributed by atoms with E-state index in [4.69, 9.17) is 5.11 Å². The molecule has 0 bridgehead atoms. The molecular weight excluding hydrogens is 269 g/mol. The molecule has 0 unspecified atom stereocenters. The zero-order valence-corrected chi connectivity index (χ0v) is 12.1. The van der Waals surface area contributed by atoms with Crippen molar-refractivity contribution in [2.75, 3.05) is 19.7 Å². The van der Waals surface area contributed by atoms with E-state index in [1.54, 1.807) is 6.92 Å². The van der Waals surface area contributed by atoms with Gasteiger partial charge >= 0.3 is 0 Å². The van der Waals surface area contributed by atoms with Crippen LogP contribution >= 0.6 is 0 Å². The van der Waals surface area contributed by atoms with Crippen LogP contribution in [0.4, 0.5) is 4.39 Å². The Morgan fingerprint density at radius 2 is 2.00 bits per heavy atom. The lowest BCUT2D eigenvalue weighted by atomic mass is 10.2. The SMILES string of the molecule is CCCCN(CCO)S(=O)(=O)c1cc(F)ccc1C. The Kier molecular flexibility index (Phi) is 5.90. The van der Waals surface area contributed by atoms with E-state index in [0.717, 1.165) is 12.5 Å². The van der Waals surface area contributed by atoms with E-state index >= 15 is 0 Å². The molecular formula is C13H20FNO3S. The Morgan fingerprint density at radius 1 is 1.32 bits per heavy atom. The first-order valence-electron chi connectivity index (χ1n) is 6.30. The third-order valence-electron chi connectivity index (χ3n) is 2.88. The van der Waals surface area contributed by atoms with Gasteiger partial charge in [0.15, 0.2) is 0 Å². The minimum absolute atomic E-state index is 0.0261. The smallest absolute Gasteiger partial charge is 0.243 e. The lowest BCUT2D eigenvalue weighted by molar-refractivity contribution is 0.252. The molecule has 0 heterocycles. The fourth-order valence-electron chi connectivity index (χ4n) is 1.79. The average Bonchev–Trinajstić information content (AvgIpc) is 2.37. The van der Waals surface area contributed by atoms with Gasteiger partial charge in [-0.15, -0.1) is 0 Å². The predicted molar refractivity (Wildman–Crippen MR) is 71.9 cm³/mol. The van der Waals surface area contributed by atoms with Crippen molar-refractivity contribution in [3.8, 4) is 0 Å². The molecule has 0 atom stereocenters. The molecule has 19 heavy (non-hydrogen) atoms. The minimum atomic E-state index is -3.76. The fourth-order valence-corrected chi connectivity index (χ4v) is 3.50. The highest BCUT2D eigenvalue weighted by molar-refractivity contribution is 7.89. The Bertz CT molecular complexity index is 517. The van der Waals surface area contributed by atoms with Crippen LogP contribution in [0.3, 0.4) is 0 Å². The van der Waals surface area contributed by atoms with E-state index < -0.39 is 15.8 Å². The second kappa shape index (κ2) is 6.98. The van der Waals surface area contributed by atoms with Crippen LogP contribution in [0, 0.1) is 12.7 Å². The lowest BCUT2D eigenvalue weighted by Crippen LogP contribution is -2.34. The van der Waals surface area contributed by atoms with Crippen molar-refractivity contribution in [2.24, 2.45) is 0 Å². The highest BCUT2D eigenvalue weighted by Gasteiger charge is 2.25. The third kappa shape index (κ3) is 3.99. The number of sulfonamides is 1. The predicted octanol–water partition coefficient (Wildman–Crippen LogP) is 1.92. The van der Waals surface area contributed by atoms with E-state index in [-0.39, 0.29) is 18.0 Å². The van der Waals surface area contributed by atoms with Gasteiger partial charge in [0.2, 0.25) is 10.0 Å². The number of nitrogens with zero attached hydrogens (tertiary/aromatic N) is 1. The average molecular weight is 289 g/mol. The largest absolute Gasteiger partial charge is 0.395 e. The van der Waals surface area contributed by atoms with Crippen molar-refractivity contribution in [1.29, 1.82) is 0 Å². The highest BCUT2D eigenvalue weighted by atomic mass is 32.2. The van der Waals surface area contributed by atoms with Gasteiger partial charge < -0.3 is 5.11 Å². The number of aryl methyl sites for hydroxylation is 1. The number of hydrogen-bond donors (Lipinski definition) is 1.